The Morgan fingerprint density at radius 3 is 2.27 bits per heavy atom. The normalized spacial score (nSPS) is 11.5. The zero-order chi connectivity index (χ0) is 29.6. The predicted octanol–water partition coefficient (Wildman–Crippen LogP) is 10.2. The number of benzene rings is 4. The average Bonchev–Trinajstić information content (AvgIpc) is 3.60. The molecule has 6 heteroatoms. The Bertz CT molecular complexity index is 2230. The molecule has 219 valence electrons. The Kier molecular flexibility index (Phi) is 8.58. The number of hydrogen-bond acceptors (Lipinski definition) is 4. The van der Waals surface area contributed by atoms with Crippen LogP contribution in [0.1, 0.15) is 5.56 Å². The third-order valence-electron chi connectivity index (χ3n) is 7.79. The molecule has 8 rings (SSSR count). The summed E-state index contributed by atoms with van der Waals surface area (Å²) in [7, 11) is 0. The van der Waals surface area contributed by atoms with Gasteiger partial charge in [0.25, 0.3) is 0 Å². The van der Waals surface area contributed by atoms with Crippen LogP contribution in [0.3, 0.4) is 0 Å². The van der Waals surface area contributed by atoms with E-state index < -0.39 is 13.3 Å². The van der Waals surface area contributed by atoms with Gasteiger partial charge < -0.3 is 9.40 Å². The van der Waals surface area contributed by atoms with Crippen molar-refractivity contribution in [3.05, 3.63) is 127 Å². The molecular formula is C38H30GeIrN2OS-2. The van der Waals surface area contributed by atoms with Crippen molar-refractivity contribution in [2.45, 2.75) is 24.2 Å². The van der Waals surface area contributed by atoms with Crippen LogP contribution >= 0.6 is 11.3 Å². The van der Waals surface area contributed by atoms with E-state index in [0.29, 0.717) is 0 Å². The quantitative estimate of drug-likeness (QED) is 0.132. The minimum absolute atomic E-state index is 0. The van der Waals surface area contributed by atoms with E-state index in [0.717, 1.165) is 50.0 Å². The number of pyridine rings is 2. The average molecular weight is 828 g/mol. The van der Waals surface area contributed by atoms with Crippen molar-refractivity contribution in [1.82, 2.24) is 9.97 Å². The van der Waals surface area contributed by atoms with Crippen LogP contribution in [-0.2, 0) is 20.1 Å². The van der Waals surface area contributed by atoms with E-state index in [-0.39, 0.29) is 20.1 Å². The van der Waals surface area contributed by atoms with Gasteiger partial charge in [-0.1, -0.05) is 41.8 Å². The molecule has 0 fully saturated rings. The second kappa shape index (κ2) is 12.4. The fourth-order valence-electron chi connectivity index (χ4n) is 5.40. The second-order valence-corrected chi connectivity index (χ2v) is 23.5. The summed E-state index contributed by atoms with van der Waals surface area (Å²) in [5, 5.41) is 4.72. The Hall–Kier alpha value is -3.61. The molecule has 44 heavy (non-hydrogen) atoms. The number of thiophene rings is 1. The predicted molar refractivity (Wildman–Crippen MR) is 185 cm³/mol. The first-order chi connectivity index (χ1) is 20.9. The molecule has 8 aromatic rings. The first-order valence-corrected chi connectivity index (χ1v) is 22.6. The van der Waals surface area contributed by atoms with Crippen molar-refractivity contribution in [1.29, 1.82) is 0 Å². The van der Waals surface area contributed by atoms with Crippen LogP contribution in [0.5, 0.6) is 0 Å². The van der Waals surface area contributed by atoms with E-state index >= 15 is 0 Å². The van der Waals surface area contributed by atoms with Crippen molar-refractivity contribution in [3.8, 4) is 22.5 Å². The van der Waals surface area contributed by atoms with Gasteiger partial charge in [-0.05, 0) is 40.4 Å². The molecule has 0 N–H and O–H groups in total. The number of hydrogen-bond donors (Lipinski definition) is 0. The molecule has 0 aliphatic rings. The topological polar surface area (TPSA) is 38.9 Å². The van der Waals surface area contributed by atoms with Crippen molar-refractivity contribution in [2.75, 3.05) is 0 Å². The number of furan rings is 1. The van der Waals surface area contributed by atoms with E-state index in [9.17, 15) is 0 Å². The van der Waals surface area contributed by atoms with Gasteiger partial charge in [0.15, 0.2) is 0 Å². The summed E-state index contributed by atoms with van der Waals surface area (Å²) >= 11 is 0.0782. The number of rotatable bonds is 3. The standard InChI is InChI=1S/C24H14NOS.C14H16GeN.Ir/c1-14-6-4-8-16-19-13-25-20(12-21(19)26-23(14)16)18-10-5-9-17-15-7-2-3-11-22(15)27-24(17)18;1-15(2,3)13-9-10-14(16-11-13)12-7-5-4-6-8-12;/h2-9,11-13H,1H3;4-7,9-11H,1-3H3;/q2*-1;. The minimum atomic E-state index is -1.72. The molecular weight excluding hydrogens is 797 g/mol. The van der Waals surface area contributed by atoms with Gasteiger partial charge in [-0.15, -0.1) is 23.8 Å². The van der Waals surface area contributed by atoms with Gasteiger partial charge in [-0.3, -0.25) is 0 Å². The summed E-state index contributed by atoms with van der Waals surface area (Å²) in [5.41, 5.74) is 6.96. The number of fused-ring (bicyclic) bond motifs is 6. The molecule has 0 saturated heterocycles. The van der Waals surface area contributed by atoms with E-state index in [1.165, 1.54) is 24.6 Å². The van der Waals surface area contributed by atoms with Crippen molar-refractivity contribution in [3.63, 3.8) is 0 Å². The van der Waals surface area contributed by atoms with E-state index in [2.05, 4.69) is 102 Å². The van der Waals surface area contributed by atoms with Crippen LogP contribution in [-0.4, -0.2) is 23.2 Å². The number of aromatic nitrogens is 2. The molecule has 0 bridgehead atoms. The minimum Gasteiger partial charge on any atom is 0 e. The van der Waals surface area contributed by atoms with Crippen molar-refractivity contribution >= 4 is 71.1 Å². The Labute approximate surface area is 277 Å². The van der Waals surface area contributed by atoms with Crippen molar-refractivity contribution in [2.24, 2.45) is 0 Å². The third kappa shape index (κ3) is 5.78. The first-order valence-electron chi connectivity index (χ1n) is 14.4. The molecule has 3 nitrogen and oxygen atoms in total. The van der Waals surface area contributed by atoms with Crippen LogP contribution < -0.4 is 4.40 Å². The maximum absolute atomic E-state index is 6.17. The summed E-state index contributed by atoms with van der Waals surface area (Å²) in [6.07, 6.45) is 3.96. The fourth-order valence-corrected chi connectivity index (χ4v) is 8.78. The molecule has 0 saturated carbocycles. The molecule has 0 spiro atoms. The van der Waals surface area contributed by atoms with Gasteiger partial charge in [-0.25, -0.2) is 0 Å². The van der Waals surface area contributed by atoms with Crippen LogP contribution in [0, 0.1) is 19.1 Å². The molecule has 1 radical (unpaired) electrons. The summed E-state index contributed by atoms with van der Waals surface area (Å²) in [6.45, 7) is 2.07. The van der Waals surface area contributed by atoms with Gasteiger partial charge in [0, 0.05) is 41.8 Å². The summed E-state index contributed by atoms with van der Waals surface area (Å²) in [6, 6.07) is 39.8. The fraction of sp³-hybridized carbons (Fsp3) is 0.105. The van der Waals surface area contributed by atoms with Gasteiger partial charge in [-0.2, -0.15) is 11.3 Å². The van der Waals surface area contributed by atoms with Gasteiger partial charge in [0.1, 0.15) is 11.2 Å². The number of para-hydroxylation sites is 1. The van der Waals surface area contributed by atoms with Gasteiger partial charge >= 0.3 is 99.8 Å². The van der Waals surface area contributed by atoms with E-state index in [1.54, 1.807) is 11.3 Å². The zero-order valence-electron chi connectivity index (χ0n) is 24.9. The molecule has 0 unspecified atom stereocenters. The van der Waals surface area contributed by atoms with Crippen LogP contribution in [0.2, 0.25) is 17.3 Å². The first kappa shape index (κ1) is 30.4. The molecule has 0 aliphatic carbocycles. The molecule has 0 amide bonds. The van der Waals surface area contributed by atoms with Gasteiger partial charge in [0.2, 0.25) is 0 Å². The third-order valence-corrected chi connectivity index (χ3v) is 13.2. The second-order valence-electron chi connectivity index (χ2n) is 11.8. The number of nitrogens with zero attached hydrogens (tertiary/aromatic N) is 2. The number of aryl methyl sites for hydroxylation is 1. The molecule has 0 atom stereocenters. The molecule has 0 aliphatic heterocycles. The molecule has 4 aromatic heterocycles. The van der Waals surface area contributed by atoms with Crippen LogP contribution in [0.25, 0.3) is 64.6 Å². The maximum Gasteiger partial charge on any atom is 0 e. The maximum atomic E-state index is 6.17. The summed E-state index contributed by atoms with van der Waals surface area (Å²) < 4.78 is 10.1. The largest absolute Gasteiger partial charge is 0 e. The Morgan fingerprint density at radius 2 is 1.50 bits per heavy atom. The van der Waals surface area contributed by atoms with Crippen molar-refractivity contribution < 1.29 is 24.5 Å². The van der Waals surface area contributed by atoms with Crippen LogP contribution in [0.15, 0.2) is 114 Å². The molecule has 4 heterocycles. The zero-order valence-corrected chi connectivity index (χ0v) is 30.2. The summed E-state index contributed by atoms with van der Waals surface area (Å²) in [4.78, 5) is 9.30. The SMILES string of the molecule is Cc1cccc2c1oc1cc(-c3[c-]ccc4c3sc3ccccc34)ncc12.[CH3][Ge]([CH3])([CH3])[c]1ccc(-c2[c-]cccc2)nc1.[Ir]. The Morgan fingerprint density at radius 1 is 0.705 bits per heavy atom. The molecule has 4 aromatic carbocycles. The van der Waals surface area contributed by atoms with Gasteiger partial charge in [0.05, 0.1) is 0 Å². The van der Waals surface area contributed by atoms with E-state index in [4.69, 9.17) is 9.40 Å². The monoisotopic (exact) mass is 829 g/mol. The summed E-state index contributed by atoms with van der Waals surface area (Å²) in [5.74, 6) is 7.14. The van der Waals surface area contributed by atoms with E-state index in [1.807, 2.05) is 48.8 Å². The van der Waals surface area contributed by atoms with Crippen LogP contribution in [0.4, 0.5) is 0 Å². The smallest absolute Gasteiger partial charge is 0 e. The Balaban J connectivity index is 0.000000174.